The van der Waals surface area contributed by atoms with Crippen LogP contribution >= 0.6 is 0 Å². The van der Waals surface area contributed by atoms with Gasteiger partial charge in [0.15, 0.2) is 0 Å². The number of anilines is 1. The van der Waals surface area contributed by atoms with E-state index in [-0.39, 0.29) is 11.8 Å². The third-order valence-corrected chi connectivity index (χ3v) is 4.58. The number of hydrogen-bond donors (Lipinski definition) is 1. The zero-order valence-corrected chi connectivity index (χ0v) is 13.6. The molecule has 0 fully saturated rings. The fraction of sp³-hybridized carbons (Fsp3) is 0.190. The van der Waals surface area contributed by atoms with Crippen LogP contribution in [0.15, 0.2) is 60.7 Å². The minimum atomic E-state index is 0.00241. The van der Waals surface area contributed by atoms with Crippen molar-refractivity contribution in [3.8, 4) is 5.75 Å². The number of fused-ring (bicyclic) bond motifs is 3. The number of benzene rings is 3. The highest BCUT2D eigenvalue weighted by Crippen LogP contribution is 2.44. The van der Waals surface area contributed by atoms with E-state index in [1.54, 1.807) is 0 Å². The summed E-state index contributed by atoms with van der Waals surface area (Å²) < 4.78 is 5.82. The zero-order chi connectivity index (χ0) is 16.5. The SMILES string of the molecule is CCOc1ccccc1C1CC(=O)Nc2ccc3ccccc3c21. The molecule has 3 heteroatoms. The van der Waals surface area contributed by atoms with Crippen molar-refractivity contribution < 1.29 is 9.53 Å². The van der Waals surface area contributed by atoms with E-state index >= 15 is 0 Å². The van der Waals surface area contributed by atoms with Crippen molar-refractivity contribution in [1.82, 2.24) is 0 Å². The number of carbonyl (C=O) groups is 1. The van der Waals surface area contributed by atoms with Gasteiger partial charge < -0.3 is 10.1 Å². The molecule has 0 saturated carbocycles. The minimum Gasteiger partial charge on any atom is -0.494 e. The highest BCUT2D eigenvalue weighted by molar-refractivity contribution is 6.01. The maximum absolute atomic E-state index is 12.3. The second-order valence-electron chi connectivity index (χ2n) is 6.02. The number of ether oxygens (including phenoxy) is 1. The lowest BCUT2D eigenvalue weighted by molar-refractivity contribution is -0.116. The third kappa shape index (κ3) is 2.42. The molecule has 1 heterocycles. The van der Waals surface area contributed by atoms with Crippen LogP contribution in [0.1, 0.15) is 30.4 Å². The molecule has 0 aromatic heterocycles. The van der Waals surface area contributed by atoms with Crippen LogP contribution < -0.4 is 10.1 Å². The first kappa shape index (κ1) is 14.8. The van der Waals surface area contributed by atoms with Crippen LogP contribution in [-0.2, 0) is 4.79 Å². The van der Waals surface area contributed by atoms with Crippen molar-refractivity contribution in [1.29, 1.82) is 0 Å². The largest absolute Gasteiger partial charge is 0.494 e. The van der Waals surface area contributed by atoms with Crippen molar-refractivity contribution in [2.75, 3.05) is 11.9 Å². The molecule has 1 unspecified atom stereocenters. The van der Waals surface area contributed by atoms with Crippen molar-refractivity contribution in [3.05, 3.63) is 71.8 Å². The number of carbonyl (C=O) groups excluding carboxylic acids is 1. The number of nitrogens with one attached hydrogen (secondary N) is 1. The van der Waals surface area contributed by atoms with Gasteiger partial charge in [-0.2, -0.15) is 0 Å². The number of amides is 1. The van der Waals surface area contributed by atoms with Gasteiger partial charge in [-0.15, -0.1) is 0 Å². The van der Waals surface area contributed by atoms with Crippen LogP contribution in [-0.4, -0.2) is 12.5 Å². The zero-order valence-electron chi connectivity index (χ0n) is 13.6. The lowest BCUT2D eigenvalue weighted by Crippen LogP contribution is -2.24. The number of rotatable bonds is 3. The van der Waals surface area contributed by atoms with E-state index < -0.39 is 0 Å². The monoisotopic (exact) mass is 317 g/mol. The Morgan fingerprint density at radius 3 is 2.71 bits per heavy atom. The molecule has 0 radical (unpaired) electrons. The standard InChI is InChI=1S/C21H19NO2/c1-2-24-19-10-6-5-9-16(19)17-13-20(23)22-18-12-11-14-7-3-4-8-15(14)21(17)18/h3-12,17H,2,13H2,1H3,(H,22,23). The van der Waals surface area contributed by atoms with Crippen molar-refractivity contribution in [3.63, 3.8) is 0 Å². The lowest BCUT2D eigenvalue weighted by atomic mass is 9.81. The van der Waals surface area contributed by atoms with Crippen LogP contribution in [0.25, 0.3) is 10.8 Å². The lowest BCUT2D eigenvalue weighted by Gasteiger charge is -2.28. The molecule has 120 valence electrons. The normalized spacial score (nSPS) is 16.5. The molecule has 0 saturated heterocycles. The second-order valence-corrected chi connectivity index (χ2v) is 6.02. The number of hydrogen-bond acceptors (Lipinski definition) is 2. The fourth-order valence-corrected chi connectivity index (χ4v) is 3.59. The summed E-state index contributed by atoms with van der Waals surface area (Å²) in [5.41, 5.74) is 3.16. The molecule has 1 N–H and O–H groups in total. The maximum Gasteiger partial charge on any atom is 0.225 e. The van der Waals surface area contributed by atoms with E-state index in [1.165, 1.54) is 16.3 Å². The summed E-state index contributed by atoms with van der Waals surface area (Å²) in [4.78, 5) is 12.3. The Kier molecular flexibility index (Phi) is 3.69. The molecule has 3 aromatic carbocycles. The molecule has 0 spiro atoms. The predicted octanol–water partition coefficient (Wildman–Crippen LogP) is 4.71. The summed E-state index contributed by atoms with van der Waals surface area (Å²) in [5.74, 6) is 0.912. The Bertz CT molecular complexity index is 917. The first-order valence-electron chi connectivity index (χ1n) is 8.31. The first-order chi connectivity index (χ1) is 11.8. The van der Waals surface area contributed by atoms with Crippen LogP contribution in [0.3, 0.4) is 0 Å². The van der Waals surface area contributed by atoms with Gasteiger partial charge in [0.25, 0.3) is 0 Å². The van der Waals surface area contributed by atoms with Crippen molar-refractivity contribution >= 4 is 22.4 Å². The average Bonchev–Trinajstić information content (AvgIpc) is 2.61. The summed E-state index contributed by atoms with van der Waals surface area (Å²) in [6.45, 7) is 2.59. The summed E-state index contributed by atoms with van der Waals surface area (Å²) in [6, 6.07) is 20.4. The van der Waals surface area contributed by atoms with Crippen LogP contribution in [0.4, 0.5) is 5.69 Å². The fourth-order valence-electron chi connectivity index (χ4n) is 3.59. The van der Waals surface area contributed by atoms with Gasteiger partial charge in [-0.25, -0.2) is 0 Å². The molecule has 1 aliphatic rings. The molecule has 0 aliphatic carbocycles. The minimum absolute atomic E-state index is 0.00241. The van der Waals surface area contributed by atoms with E-state index in [4.69, 9.17) is 4.74 Å². The van der Waals surface area contributed by atoms with Gasteiger partial charge in [0.05, 0.1) is 6.61 Å². The highest BCUT2D eigenvalue weighted by atomic mass is 16.5. The summed E-state index contributed by atoms with van der Waals surface area (Å²) in [5, 5.41) is 5.40. The second kappa shape index (κ2) is 6.00. The summed E-state index contributed by atoms with van der Waals surface area (Å²) in [6.07, 6.45) is 0.436. The molecule has 1 aliphatic heterocycles. The third-order valence-electron chi connectivity index (χ3n) is 4.58. The topological polar surface area (TPSA) is 38.3 Å². The Labute approximate surface area is 141 Å². The first-order valence-corrected chi connectivity index (χ1v) is 8.31. The summed E-state index contributed by atoms with van der Waals surface area (Å²) in [7, 11) is 0. The van der Waals surface area contributed by atoms with Gasteiger partial charge >= 0.3 is 0 Å². The predicted molar refractivity (Wildman–Crippen MR) is 96.6 cm³/mol. The highest BCUT2D eigenvalue weighted by Gasteiger charge is 2.30. The van der Waals surface area contributed by atoms with Gasteiger partial charge in [0.1, 0.15) is 5.75 Å². The van der Waals surface area contributed by atoms with E-state index in [1.807, 2.05) is 43.3 Å². The Balaban J connectivity index is 1.96. The summed E-state index contributed by atoms with van der Waals surface area (Å²) >= 11 is 0. The molecular weight excluding hydrogens is 298 g/mol. The quantitative estimate of drug-likeness (QED) is 0.759. The van der Waals surface area contributed by atoms with E-state index in [0.717, 1.165) is 17.0 Å². The molecule has 3 aromatic rings. The van der Waals surface area contributed by atoms with Gasteiger partial charge in [0, 0.05) is 23.6 Å². The number of para-hydroxylation sites is 1. The van der Waals surface area contributed by atoms with Crippen molar-refractivity contribution in [2.45, 2.75) is 19.3 Å². The van der Waals surface area contributed by atoms with Crippen LogP contribution in [0, 0.1) is 0 Å². The van der Waals surface area contributed by atoms with Gasteiger partial charge in [0.2, 0.25) is 5.91 Å². The van der Waals surface area contributed by atoms with Gasteiger partial charge in [-0.05, 0) is 35.4 Å². The maximum atomic E-state index is 12.3. The van der Waals surface area contributed by atoms with Gasteiger partial charge in [-0.1, -0.05) is 48.5 Å². The Hall–Kier alpha value is -2.81. The van der Waals surface area contributed by atoms with Gasteiger partial charge in [-0.3, -0.25) is 4.79 Å². The van der Waals surface area contributed by atoms with Crippen LogP contribution in [0.5, 0.6) is 5.75 Å². The molecule has 1 atom stereocenters. The average molecular weight is 317 g/mol. The molecule has 4 rings (SSSR count). The molecule has 1 amide bonds. The van der Waals surface area contributed by atoms with E-state index in [0.29, 0.717) is 13.0 Å². The molecule has 3 nitrogen and oxygen atoms in total. The smallest absolute Gasteiger partial charge is 0.225 e. The van der Waals surface area contributed by atoms with E-state index in [9.17, 15) is 4.79 Å². The Morgan fingerprint density at radius 1 is 1.04 bits per heavy atom. The van der Waals surface area contributed by atoms with Crippen LogP contribution in [0.2, 0.25) is 0 Å². The molecule has 24 heavy (non-hydrogen) atoms. The molecular formula is C21H19NO2. The van der Waals surface area contributed by atoms with E-state index in [2.05, 4.69) is 29.6 Å². The Morgan fingerprint density at radius 2 is 1.83 bits per heavy atom. The van der Waals surface area contributed by atoms with Crippen molar-refractivity contribution in [2.24, 2.45) is 0 Å². The molecule has 0 bridgehead atoms.